The zero-order chi connectivity index (χ0) is 45.8. The molecule has 1 unspecified atom stereocenters. The Morgan fingerprint density at radius 2 is 0.619 bits per heavy atom. The molecule has 0 rings (SSSR count). The van der Waals surface area contributed by atoms with Gasteiger partial charge in [0.15, 0.2) is 6.10 Å². The van der Waals surface area contributed by atoms with Gasteiger partial charge in [0.05, 0.1) is 0 Å². The van der Waals surface area contributed by atoms with Crippen LogP contribution in [0.1, 0.15) is 213 Å². The van der Waals surface area contributed by atoms with Crippen LogP contribution in [0.3, 0.4) is 0 Å². The molecule has 6 heteroatoms. The molecule has 0 amide bonds. The van der Waals surface area contributed by atoms with Gasteiger partial charge in [-0.2, -0.15) is 0 Å². The van der Waals surface area contributed by atoms with E-state index in [1.807, 2.05) is 0 Å². The second-order valence-corrected chi connectivity index (χ2v) is 16.4. The summed E-state index contributed by atoms with van der Waals surface area (Å²) < 4.78 is 16.6. The van der Waals surface area contributed by atoms with Gasteiger partial charge in [-0.05, 0) is 83.5 Å². The summed E-state index contributed by atoms with van der Waals surface area (Å²) in [5.41, 5.74) is 0. The molecule has 0 aromatic heterocycles. The molecule has 0 fully saturated rings. The molecular weight excluding hydrogens is 781 g/mol. The van der Waals surface area contributed by atoms with Gasteiger partial charge in [0.2, 0.25) is 0 Å². The number of hydrogen-bond acceptors (Lipinski definition) is 6. The molecule has 0 aliphatic heterocycles. The maximum Gasteiger partial charge on any atom is 0.306 e. The van der Waals surface area contributed by atoms with Crippen LogP contribution in [0, 0.1) is 0 Å². The van der Waals surface area contributed by atoms with Crippen LogP contribution in [0.4, 0.5) is 0 Å². The predicted molar refractivity (Wildman–Crippen MR) is 270 cm³/mol. The van der Waals surface area contributed by atoms with Gasteiger partial charge in [-0.3, -0.25) is 14.4 Å². The highest BCUT2D eigenvalue weighted by atomic mass is 16.6. The standard InChI is InChI=1S/C57H92O6/c1-4-7-10-13-16-19-20-21-22-23-24-25-26-27-28-29-30-31-32-33-34-35-36-37-38-39-42-44-47-50-56(59)62-53-54(63-57(60)51-48-45-41-18-15-12-9-6-3)52-61-55(58)49-46-43-40-17-14-11-8-5-2/h7,10,16,19,21-22,24-25,27-28,30-31,33-34,36-37,39,42,54H,4-6,8-9,11-15,17-18,20,23,26,29,32,35,38,40-41,43-53H2,1-3H3/b10-7-,19-16-,22-21-,25-24-,28-27-,31-30-,34-33-,37-36-,42-39-. The summed E-state index contributed by atoms with van der Waals surface area (Å²) in [5, 5.41) is 0. The Morgan fingerprint density at radius 3 is 0.968 bits per heavy atom. The van der Waals surface area contributed by atoms with Crippen molar-refractivity contribution in [2.45, 2.75) is 219 Å². The minimum Gasteiger partial charge on any atom is -0.462 e. The SMILES string of the molecule is CC/C=C\C/C=C\C/C=C\C/C=C\C/C=C\C/C=C\C/C=C\C/C=C\C/C=C\CCCC(=O)OCC(COC(=O)CCCCCCCCCC)OC(=O)CCCCCCCCCC. The summed E-state index contributed by atoms with van der Waals surface area (Å²) in [5.74, 6) is -0.975. The molecule has 0 aliphatic carbocycles. The van der Waals surface area contributed by atoms with Crippen molar-refractivity contribution in [3.8, 4) is 0 Å². The molecule has 0 radical (unpaired) electrons. The van der Waals surface area contributed by atoms with Gasteiger partial charge in [0.1, 0.15) is 13.2 Å². The van der Waals surface area contributed by atoms with Crippen LogP contribution in [-0.2, 0) is 28.6 Å². The third-order valence-corrected chi connectivity index (χ3v) is 10.3. The maximum atomic E-state index is 12.6. The summed E-state index contributed by atoms with van der Waals surface area (Å²) in [6.07, 6.45) is 68.2. The maximum absolute atomic E-state index is 12.6. The van der Waals surface area contributed by atoms with Crippen molar-refractivity contribution in [2.24, 2.45) is 0 Å². The lowest BCUT2D eigenvalue weighted by molar-refractivity contribution is -0.167. The second-order valence-electron chi connectivity index (χ2n) is 16.4. The number of esters is 3. The number of carbonyl (C=O) groups is 3. The van der Waals surface area contributed by atoms with Crippen LogP contribution in [0.25, 0.3) is 0 Å². The van der Waals surface area contributed by atoms with Crippen molar-refractivity contribution in [3.05, 3.63) is 109 Å². The van der Waals surface area contributed by atoms with E-state index >= 15 is 0 Å². The topological polar surface area (TPSA) is 78.9 Å². The quantitative estimate of drug-likeness (QED) is 0.0263. The Balaban J connectivity index is 4.25. The van der Waals surface area contributed by atoms with Crippen molar-refractivity contribution in [1.82, 2.24) is 0 Å². The average Bonchev–Trinajstić information content (AvgIpc) is 3.28. The molecule has 0 aliphatic rings. The molecule has 63 heavy (non-hydrogen) atoms. The highest BCUT2D eigenvalue weighted by Gasteiger charge is 2.19. The van der Waals surface area contributed by atoms with Gasteiger partial charge in [-0.1, -0.05) is 220 Å². The van der Waals surface area contributed by atoms with E-state index in [9.17, 15) is 14.4 Å². The summed E-state index contributed by atoms with van der Waals surface area (Å²) >= 11 is 0. The Labute approximate surface area is 387 Å². The normalized spacial score (nSPS) is 13.0. The van der Waals surface area contributed by atoms with Crippen molar-refractivity contribution in [3.63, 3.8) is 0 Å². The molecule has 356 valence electrons. The molecule has 0 N–H and O–H groups in total. The predicted octanol–water partition coefficient (Wildman–Crippen LogP) is 16.8. The molecular formula is C57H92O6. The van der Waals surface area contributed by atoms with E-state index in [0.29, 0.717) is 19.3 Å². The summed E-state index contributed by atoms with van der Waals surface area (Å²) in [6, 6.07) is 0. The van der Waals surface area contributed by atoms with Gasteiger partial charge in [-0.15, -0.1) is 0 Å². The van der Waals surface area contributed by atoms with Crippen LogP contribution in [0.15, 0.2) is 109 Å². The molecule has 1 atom stereocenters. The van der Waals surface area contributed by atoms with E-state index in [0.717, 1.165) is 103 Å². The number of allylic oxidation sites excluding steroid dienone is 18. The fraction of sp³-hybridized carbons (Fsp3) is 0.632. The van der Waals surface area contributed by atoms with Gasteiger partial charge in [0, 0.05) is 19.3 Å². The zero-order valence-electron chi connectivity index (χ0n) is 40.5. The molecule has 0 bridgehead atoms. The van der Waals surface area contributed by atoms with Gasteiger partial charge >= 0.3 is 17.9 Å². The minimum absolute atomic E-state index is 0.0954. The Kier molecular flexibility index (Phi) is 47.5. The third kappa shape index (κ3) is 49.0. The van der Waals surface area contributed by atoms with Crippen LogP contribution >= 0.6 is 0 Å². The van der Waals surface area contributed by atoms with Crippen LogP contribution in [0.2, 0.25) is 0 Å². The highest BCUT2D eigenvalue weighted by molar-refractivity contribution is 5.71. The molecule has 0 saturated heterocycles. The largest absolute Gasteiger partial charge is 0.462 e. The first kappa shape index (κ1) is 59.1. The monoisotopic (exact) mass is 873 g/mol. The zero-order valence-corrected chi connectivity index (χ0v) is 40.5. The third-order valence-electron chi connectivity index (χ3n) is 10.3. The molecule has 0 heterocycles. The fourth-order valence-corrected chi connectivity index (χ4v) is 6.50. The Morgan fingerprint density at radius 1 is 0.333 bits per heavy atom. The lowest BCUT2D eigenvalue weighted by atomic mass is 10.1. The molecule has 0 spiro atoms. The van der Waals surface area contributed by atoms with Crippen molar-refractivity contribution < 1.29 is 28.6 Å². The van der Waals surface area contributed by atoms with E-state index in [1.165, 1.54) is 64.2 Å². The Bertz CT molecular complexity index is 1330. The first-order valence-corrected chi connectivity index (χ1v) is 25.4. The van der Waals surface area contributed by atoms with E-state index in [4.69, 9.17) is 14.2 Å². The van der Waals surface area contributed by atoms with Crippen molar-refractivity contribution in [1.29, 1.82) is 0 Å². The average molecular weight is 873 g/mol. The van der Waals surface area contributed by atoms with Gasteiger partial charge < -0.3 is 14.2 Å². The smallest absolute Gasteiger partial charge is 0.306 e. The number of hydrogen-bond donors (Lipinski definition) is 0. The van der Waals surface area contributed by atoms with E-state index in [2.05, 4.69) is 130 Å². The molecule has 0 saturated carbocycles. The lowest BCUT2D eigenvalue weighted by Gasteiger charge is -2.18. The number of rotatable bonds is 44. The first-order valence-electron chi connectivity index (χ1n) is 25.4. The number of unbranched alkanes of at least 4 members (excludes halogenated alkanes) is 15. The summed E-state index contributed by atoms with van der Waals surface area (Å²) in [7, 11) is 0. The van der Waals surface area contributed by atoms with E-state index in [1.54, 1.807) is 0 Å². The summed E-state index contributed by atoms with van der Waals surface area (Å²) in [6.45, 7) is 6.39. The fourth-order valence-electron chi connectivity index (χ4n) is 6.50. The van der Waals surface area contributed by atoms with Gasteiger partial charge in [0.25, 0.3) is 0 Å². The summed E-state index contributed by atoms with van der Waals surface area (Å²) in [4.78, 5) is 37.6. The second kappa shape index (κ2) is 50.7. The van der Waals surface area contributed by atoms with E-state index in [-0.39, 0.29) is 37.5 Å². The number of carbonyl (C=O) groups excluding carboxylic acids is 3. The molecule has 0 aromatic carbocycles. The van der Waals surface area contributed by atoms with Crippen molar-refractivity contribution >= 4 is 17.9 Å². The Hall–Kier alpha value is -3.93. The highest BCUT2D eigenvalue weighted by Crippen LogP contribution is 2.13. The van der Waals surface area contributed by atoms with E-state index < -0.39 is 6.10 Å². The van der Waals surface area contributed by atoms with Crippen LogP contribution < -0.4 is 0 Å². The molecule has 6 nitrogen and oxygen atoms in total. The van der Waals surface area contributed by atoms with Crippen molar-refractivity contribution in [2.75, 3.05) is 13.2 Å². The number of ether oxygens (including phenoxy) is 3. The first-order chi connectivity index (χ1) is 31.0. The van der Waals surface area contributed by atoms with Gasteiger partial charge in [-0.25, -0.2) is 0 Å². The minimum atomic E-state index is -0.795. The lowest BCUT2D eigenvalue weighted by Crippen LogP contribution is -2.30. The van der Waals surface area contributed by atoms with Crippen LogP contribution in [0.5, 0.6) is 0 Å². The molecule has 0 aromatic rings. The van der Waals surface area contributed by atoms with Crippen LogP contribution in [-0.4, -0.2) is 37.2 Å².